The normalized spacial score (nSPS) is 16.3. The Morgan fingerprint density at radius 1 is 0.701 bits per heavy atom. The number of anilines is 3. The molecule has 4 aliphatic heterocycles. The van der Waals surface area contributed by atoms with E-state index < -0.39 is 5.97 Å². The van der Waals surface area contributed by atoms with Crippen LogP contribution in [0, 0.1) is 6.92 Å². The lowest BCUT2D eigenvalue weighted by atomic mass is 10.1. The Hall–Kier alpha value is -7.03. The minimum absolute atomic E-state index is 0.0166. The Balaban J connectivity index is 0.983. The molecule has 0 spiro atoms. The third kappa shape index (κ3) is 9.77. The molecule has 14 heteroatoms. The van der Waals surface area contributed by atoms with Gasteiger partial charge in [0.05, 0.1) is 61.5 Å². The number of carboxylic acids is 1. The van der Waals surface area contributed by atoms with E-state index in [-0.39, 0.29) is 43.5 Å². The number of carboxylic acid groups (broad SMARTS) is 1. The minimum atomic E-state index is -0.862. The number of nitrogens with zero attached hydrogens (tertiary/aromatic N) is 5. The van der Waals surface area contributed by atoms with Crippen molar-refractivity contribution >= 4 is 58.6 Å². The lowest BCUT2D eigenvalue weighted by Gasteiger charge is -2.26. The van der Waals surface area contributed by atoms with Gasteiger partial charge in [-0.15, -0.1) is 0 Å². The van der Waals surface area contributed by atoms with Crippen LogP contribution in [0.5, 0.6) is 17.2 Å². The number of carbonyl (C=O) groups is 3. The van der Waals surface area contributed by atoms with Gasteiger partial charge < -0.3 is 33.7 Å². The topological polar surface area (TPSA) is 152 Å². The van der Waals surface area contributed by atoms with Crippen LogP contribution in [0.1, 0.15) is 74.7 Å². The number of para-hydroxylation sites is 2. The van der Waals surface area contributed by atoms with Gasteiger partial charge >= 0.3 is 5.97 Å². The van der Waals surface area contributed by atoms with Gasteiger partial charge in [-0.25, -0.2) is 0 Å². The average Bonchev–Trinajstić information content (AvgIpc) is 3.83. The monoisotopic (exact) mass is 905 g/mol. The number of fused-ring (bicyclic) bond motifs is 8. The van der Waals surface area contributed by atoms with Crippen molar-refractivity contribution < 1.29 is 43.2 Å². The van der Waals surface area contributed by atoms with E-state index in [2.05, 4.69) is 17.9 Å². The highest BCUT2D eigenvalue weighted by atomic mass is 16.5. The van der Waals surface area contributed by atoms with Crippen molar-refractivity contribution in [3.8, 4) is 17.2 Å². The molecule has 0 saturated carbocycles. The van der Waals surface area contributed by atoms with Gasteiger partial charge in [0.1, 0.15) is 19.0 Å². The Bertz CT molecular complexity index is 2740. The van der Waals surface area contributed by atoms with E-state index in [0.717, 1.165) is 51.3 Å². The number of amides is 2. The summed E-state index contributed by atoms with van der Waals surface area (Å²) >= 11 is 0. The van der Waals surface area contributed by atoms with E-state index in [1.807, 2.05) is 97.0 Å². The minimum Gasteiger partial charge on any atom is -0.493 e. The van der Waals surface area contributed by atoms with Gasteiger partial charge in [0, 0.05) is 80.6 Å². The molecule has 0 radical (unpaired) electrons. The van der Waals surface area contributed by atoms with E-state index in [4.69, 9.17) is 33.7 Å². The molecule has 4 aliphatic rings. The number of rotatable bonds is 20. The van der Waals surface area contributed by atoms with Gasteiger partial charge in [0.25, 0.3) is 11.8 Å². The molecule has 346 valence electrons. The Labute approximate surface area is 390 Å². The number of aliphatic imine (C=N–C) groups is 2. The molecule has 5 aromatic rings. The Morgan fingerprint density at radius 2 is 1.27 bits per heavy atom. The molecule has 67 heavy (non-hydrogen) atoms. The summed E-state index contributed by atoms with van der Waals surface area (Å²) in [5.74, 6) is 0.310. The summed E-state index contributed by atoms with van der Waals surface area (Å²) in [6.07, 6.45) is 6.44. The van der Waals surface area contributed by atoms with Crippen LogP contribution in [0.25, 0.3) is 0 Å². The highest BCUT2D eigenvalue weighted by Gasteiger charge is 2.38. The summed E-state index contributed by atoms with van der Waals surface area (Å²) in [4.78, 5) is 55.1. The molecule has 0 saturated heterocycles. The molecule has 1 N–H and O–H groups in total. The molecule has 2 amide bonds. The van der Waals surface area contributed by atoms with Crippen LogP contribution < -0.4 is 28.9 Å². The molecule has 2 atom stereocenters. The molecule has 14 nitrogen and oxygen atoms in total. The highest BCUT2D eigenvalue weighted by Crippen LogP contribution is 2.42. The summed E-state index contributed by atoms with van der Waals surface area (Å²) in [6.45, 7) is 7.28. The molecule has 0 bridgehead atoms. The van der Waals surface area contributed by atoms with Crippen LogP contribution in [0.4, 0.5) is 28.4 Å². The molecular formula is C53H55N5O9. The fourth-order valence-electron chi connectivity index (χ4n) is 9.24. The first-order valence-corrected chi connectivity index (χ1v) is 23.0. The quantitative estimate of drug-likeness (QED) is 0.0750. The van der Waals surface area contributed by atoms with Gasteiger partial charge in [0.2, 0.25) is 0 Å². The molecule has 5 aromatic carbocycles. The van der Waals surface area contributed by atoms with Gasteiger partial charge in [-0.2, -0.15) is 0 Å². The largest absolute Gasteiger partial charge is 0.493 e. The number of methoxy groups -OCH3 is 1. The molecule has 4 heterocycles. The first kappa shape index (κ1) is 45.1. The fourth-order valence-corrected chi connectivity index (χ4v) is 9.24. The van der Waals surface area contributed by atoms with E-state index in [1.54, 1.807) is 24.1 Å². The van der Waals surface area contributed by atoms with E-state index in [0.29, 0.717) is 98.5 Å². The summed E-state index contributed by atoms with van der Waals surface area (Å²) in [6, 6.07) is 28.8. The van der Waals surface area contributed by atoms with Crippen molar-refractivity contribution in [1.82, 2.24) is 0 Å². The van der Waals surface area contributed by atoms with Crippen LogP contribution in [0.15, 0.2) is 101 Å². The van der Waals surface area contributed by atoms with Crippen LogP contribution in [-0.4, -0.2) is 94.0 Å². The van der Waals surface area contributed by atoms with E-state index in [1.165, 1.54) is 0 Å². The predicted octanol–water partition coefficient (Wildman–Crippen LogP) is 8.85. The number of hydrogen-bond acceptors (Lipinski definition) is 11. The third-order valence-corrected chi connectivity index (χ3v) is 12.5. The molecular weight excluding hydrogens is 851 g/mol. The lowest BCUT2D eigenvalue weighted by molar-refractivity contribution is -0.137. The second-order valence-electron chi connectivity index (χ2n) is 17.2. The zero-order chi connectivity index (χ0) is 46.4. The van der Waals surface area contributed by atoms with Gasteiger partial charge in [-0.3, -0.25) is 34.2 Å². The number of ether oxygens (including phenoxy) is 5. The zero-order valence-electron chi connectivity index (χ0n) is 38.1. The summed E-state index contributed by atoms with van der Waals surface area (Å²) in [7, 11) is 1.55. The maximum Gasteiger partial charge on any atom is 0.303 e. The third-order valence-electron chi connectivity index (χ3n) is 12.5. The van der Waals surface area contributed by atoms with Gasteiger partial charge in [-0.05, 0) is 90.0 Å². The number of carbonyl (C=O) groups excluding carboxylic acids is 2. The number of aliphatic carboxylic acids is 1. The molecule has 0 unspecified atom stereocenters. The summed E-state index contributed by atoms with van der Waals surface area (Å²) in [5.41, 5.74) is 9.30. The van der Waals surface area contributed by atoms with Crippen LogP contribution >= 0.6 is 0 Å². The number of aryl methyl sites for hydroxylation is 1. The maximum atomic E-state index is 14.1. The van der Waals surface area contributed by atoms with Crippen LogP contribution in [0.3, 0.4) is 0 Å². The number of benzene rings is 5. The average molecular weight is 906 g/mol. The molecule has 0 aromatic heterocycles. The zero-order valence-corrected chi connectivity index (χ0v) is 38.1. The van der Waals surface area contributed by atoms with Crippen LogP contribution in [-0.2, 0) is 40.3 Å². The van der Waals surface area contributed by atoms with Crippen molar-refractivity contribution in [2.75, 3.05) is 61.3 Å². The predicted molar refractivity (Wildman–Crippen MR) is 258 cm³/mol. The van der Waals surface area contributed by atoms with Crippen molar-refractivity contribution in [1.29, 1.82) is 0 Å². The molecule has 9 rings (SSSR count). The maximum absolute atomic E-state index is 14.1. The Kier molecular flexibility index (Phi) is 13.6. The second-order valence-corrected chi connectivity index (χ2v) is 17.2. The lowest BCUT2D eigenvalue weighted by Crippen LogP contribution is -2.37. The first-order valence-electron chi connectivity index (χ1n) is 23.0. The van der Waals surface area contributed by atoms with Crippen molar-refractivity contribution in [2.24, 2.45) is 9.98 Å². The molecule has 0 fully saturated rings. The first-order chi connectivity index (χ1) is 32.7. The summed E-state index contributed by atoms with van der Waals surface area (Å²) in [5, 5.41) is 9.53. The standard InChI is InChI=1S/C53H55N5O9/c1-4-17-64-19-20-65-18-16-56(15-9-14-51(59)60)39-23-35(32-66-48-28-44-42(21-34(48)2)52(61)57-40(30-54-44)25-37-10-5-7-12-46(37)57)22-36(24-39)33-67-50-29-45-43(27-49(50)63-3)53(62)58-41(31-55-45)26-38-11-6-8-13-47(38)58/h5-8,10-13,21-24,27-31,40-41H,4,9,14-20,25-26,32-33H2,1-3H3,(H,59,60)/t40-,41-/m0/s1. The summed E-state index contributed by atoms with van der Waals surface area (Å²) < 4.78 is 30.4. The van der Waals surface area contributed by atoms with Crippen molar-refractivity contribution in [2.45, 2.75) is 71.2 Å². The van der Waals surface area contributed by atoms with E-state index in [9.17, 15) is 19.5 Å². The smallest absolute Gasteiger partial charge is 0.303 e. The second kappa shape index (κ2) is 20.2. The SMILES string of the molecule is CCCOCCOCCN(CCCC(=O)O)c1cc(COc2cc3c(cc2C)C(=O)N2c4ccccc4C[C@H]2C=N3)cc(COc2cc3c(cc2OC)C(=O)N2c4ccccc4C[C@H]2C=N3)c1. The van der Waals surface area contributed by atoms with Crippen LogP contribution in [0.2, 0.25) is 0 Å². The van der Waals surface area contributed by atoms with Gasteiger partial charge in [-0.1, -0.05) is 43.3 Å². The van der Waals surface area contributed by atoms with Gasteiger partial charge in [0.15, 0.2) is 11.5 Å². The number of hydrogen-bond donors (Lipinski definition) is 1. The highest BCUT2D eigenvalue weighted by molar-refractivity contribution is 6.15. The van der Waals surface area contributed by atoms with E-state index >= 15 is 0 Å². The van der Waals surface area contributed by atoms with Crippen molar-refractivity contribution in [3.63, 3.8) is 0 Å². The Morgan fingerprint density at radius 3 is 1.87 bits per heavy atom. The van der Waals surface area contributed by atoms with Crippen molar-refractivity contribution in [3.05, 3.63) is 130 Å². The molecule has 0 aliphatic carbocycles. The fraction of sp³-hybridized carbons (Fsp3) is 0.340.